The molecule has 2 amide bonds. The van der Waals surface area contributed by atoms with E-state index in [1.54, 1.807) is 72.6 Å². The Labute approximate surface area is 746 Å². The number of carbonyl (C=O) groups is 2. The molecule has 0 radical (unpaired) electrons. The molecule has 13 aromatic rings. The summed E-state index contributed by atoms with van der Waals surface area (Å²) in [6.07, 6.45) is 12.2. The van der Waals surface area contributed by atoms with E-state index in [-0.39, 0.29) is 74.4 Å². The van der Waals surface area contributed by atoms with E-state index in [2.05, 4.69) is 139 Å². The van der Waals surface area contributed by atoms with Crippen LogP contribution >= 0.6 is 0 Å². The number of hydrogen-bond acceptors (Lipinski definition) is 39. The largest absolute Gasteiger partial charge is 0.444 e. The van der Waals surface area contributed by atoms with E-state index in [0.717, 1.165) is 75.0 Å². The highest BCUT2D eigenvalue weighted by Crippen LogP contribution is 2.30. The predicted molar refractivity (Wildman–Crippen MR) is 486 cm³/mol. The fourth-order valence-corrected chi connectivity index (χ4v) is 15.5. The molecule has 680 valence electrons. The van der Waals surface area contributed by atoms with Crippen molar-refractivity contribution in [2.24, 2.45) is 21.2 Å². The zero-order chi connectivity index (χ0) is 92.0. The molecular formula is C79H97N39O9S3. The van der Waals surface area contributed by atoms with E-state index in [1.807, 2.05) is 56.0 Å². The Bertz CT molecular complexity index is 6450. The zero-order valence-corrected chi connectivity index (χ0v) is 73.3. The van der Waals surface area contributed by atoms with E-state index in [9.17, 15) is 34.8 Å². The number of nitrogens with two attached hydrogens (primary N) is 8. The Kier molecular flexibility index (Phi) is 28.0. The van der Waals surface area contributed by atoms with Crippen molar-refractivity contribution in [1.82, 2.24) is 114 Å². The number of carbonyl (C=O) groups excluding carboxylic acids is 2. The van der Waals surface area contributed by atoms with Crippen molar-refractivity contribution < 1.29 is 39.6 Å². The third-order valence-electron chi connectivity index (χ3n) is 20.4. The lowest BCUT2D eigenvalue weighted by molar-refractivity contribution is 0.0240. The fourth-order valence-electron chi connectivity index (χ4n) is 13.9. The van der Waals surface area contributed by atoms with Crippen LogP contribution < -0.4 is 96.0 Å². The molecule has 48 nitrogen and oxygen atoms in total. The van der Waals surface area contributed by atoms with E-state index in [1.165, 1.54) is 111 Å². The van der Waals surface area contributed by atoms with Crippen LogP contribution in [0.2, 0.25) is 0 Å². The van der Waals surface area contributed by atoms with Gasteiger partial charge in [0.25, 0.3) is 5.91 Å². The highest BCUT2D eigenvalue weighted by Gasteiger charge is 2.30. The number of amides is 2. The smallest absolute Gasteiger partial charge is 0.410 e. The summed E-state index contributed by atoms with van der Waals surface area (Å²) in [5.74, 6) is 6.24. The van der Waals surface area contributed by atoms with Crippen molar-refractivity contribution >= 4 is 136 Å². The maximum atomic E-state index is 12.3. The van der Waals surface area contributed by atoms with Gasteiger partial charge in [0.1, 0.15) is 54.2 Å². The Morgan fingerprint density at radius 3 is 1.30 bits per heavy atom. The third-order valence-corrected chi connectivity index (χ3v) is 23.2. The molecular weight excluding hydrogens is 1740 g/mol. The summed E-state index contributed by atoms with van der Waals surface area (Å²) in [4.78, 5) is 83.5. The second-order valence-corrected chi connectivity index (χ2v) is 35.7. The molecule has 11 heterocycles. The number of nitrogens with one attached hydrogen (secondary N) is 7. The molecule has 130 heavy (non-hydrogen) atoms. The lowest BCUT2D eigenvalue weighted by Crippen LogP contribution is -2.50. The van der Waals surface area contributed by atoms with Crippen LogP contribution in [0.3, 0.4) is 0 Å². The van der Waals surface area contributed by atoms with Crippen molar-refractivity contribution in [1.29, 1.82) is 0 Å². The van der Waals surface area contributed by atoms with Gasteiger partial charge in [-0.2, -0.15) is 38.7 Å². The van der Waals surface area contributed by atoms with Crippen LogP contribution in [0.15, 0.2) is 192 Å². The molecule has 17 rings (SSSR count). The van der Waals surface area contributed by atoms with Gasteiger partial charge in [-0.3, -0.25) is 4.79 Å². The zero-order valence-electron chi connectivity index (χ0n) is 70.8. The minimum absolute atomic E-state index is 0.00787. The third kappa shape index (κ3) is 24.0. The number of rotatable bonds is 24. The number of sulfonamides is 3. The summed E-state index contributed by atoms with van der Waals surface area (Å²) >= 11 is 0. The maximum absolute atomic E-state index is 12.3. The van der Waals surface area contributed by atoms with Gasteiger partial charge in [-0.15, -0.1) is 20.4 Å². The minimum atomic E-state index is -3.79. The predicted octanol–water partition coefficient (Wildman–Crippen LogP) is 4.15. The number of nitrogens with zero attached hydrogens (tertiary/aromatic N) is 24. The van der Waals surface area contributed by atoms with Crippen LogP contribution in [0.25, 0.3) is 23.3 Å². The number of ether oxygens (including phenoxy) is 1. The Balaban J connectivity index is 0.000000141. The van der Waals surface area contributed by atoms with E-state index in [0.29, 0.717) is 102 Å². The molecule has 8 aromatic heterocycles. The molecule has 1 aliphatic carbocycles. The van der Waals surface area contributed by atoms with Gasteiger partial charge in [0.15, 0.2) is 23.3 Å². The van der Waals surface area contributed by atoms with Crippen molar-refractivity contribution in [2.75, 3.05) is 124 Å². The van der Waals surface area contributed by atoms with Gasteiger partial charge >= 0.3 is 6.09 Å². The van der Waals surface area contributed by atoms with Crippen LogP contribution in [0, 0.1) is 0 Å². The monoisotopic (exact) mass is 1830 g/mol. The van der Waals surface area contributed by atoms with E-state index < -0.39 is 35.7 Å². The minimum Gasteiger partial charge on any atom is -0.444 e. The normalized spacial score (nSPS) is 15.2. The second kappa shape index (κ2) is 39.9. The summed E-state index contributed by atoms with van der Waals surface area (Å²) < 4.78 is 79.5. The Morgan fingerprint density at radius 2 is 0.892 bits per heavy atom. The SMILES string of the molecule is CC(C)(C)OC(=O)N1CCN(c2cc(-n3nc(Nc4ccc(S(N)(=O)=O)cc4)nc3N)ncn2)CC1.CNC(=O)c1ccc(Nc2nc(N)n(-c3cc(NC4CCCC4)ncn3)n2)cc1.Nc1nc(Nc2ccc(S(N)(=O)=O)cc2)nn1-c1cc(N(Cc2ccccc2)C2CCNC2)ncn1.Nc1nc(Nc2ccc(S(N)(=O)=O)cc2)nn1-c1cc(N2CC[C@@H](N)C2)ncn1. The van der Waals surface area contributed by atoms with Gasteiger partial charge in [-0.25, -0.2) is 85.3 Å². The Morgan fingerprint density at radius 1 is 0.485 bits per heavy atom. The number of hydrogen-bond donors (Lipinski definition) is 15. The van der Waals surface area contributed by atoms with Crippen molar-refractivity contribution in [3.8, 4) is 23.3 Å². The lowest BCUT2D eigenvalue weighted by Gasteiger charge is -2.36. The quantitative estimate of drug-likeness (QED) is 0.0404. The molecule has 3 aliphatic heterocycles. The average molecular weight is 1830 g/mol. The van der Waals surface area contributed by atoms with Gasteiger partial charge in [-0.05, 0) is 156 Å². The van der Waals surface area contributed by atoms with Crippen LogP contribution in [-0.2, 0) is 41.4 Å². The molecule has 3 saturated heterocycles. The number of aromatic nitrogens is 20. The maximum Gasteiger partial charge on any atom is 0.410 e. The van der Waals surface area contributed by atoms with Crippen molar-refractivity contribution in [3.05, 3.63) is 188 Å². The van der Waals surface area contributed by atoms with Gasteiger partial charge < -0.3 is 90.2 Å². The molecule has 4 fully saturated rings. The summed E-state index contributed by atoms with van der Waals surface area (Å²) in [6.45, 7) is 11.7. The molecule has 23 N–H and O–H groups in total. The number of benzene rings is 5. The summed E-state index contributed by atoms with van der Waals surface area (Å²) in [6, 6.07) is 42.9. The first-order chi connectivity index (χ1) is 62.2. The highest BCUT2D eigenvalue weighted by molar-refractivity contribution is 7.89. The highest BCUT2D eigenvalue weighted by atomic mass is 32.2. The van der Waals surface area contributed by atoms with Gasteiger partial charge in [-0.1, -0.05) is 43.2 Å². The molecule has 51 heteroatoms. The van der Waals surface area contributed by atoms with Crippen LogP contribution in [-0.4, -0.2) is 224 Å². The Hall–Kier alpha value is -15.0. The topological polar surface area (TPSA) is 677 Å². The van der Waals surface area contributed by atoms with Crippen LogP contribution in [0.4, 0.5) is 98.4 Å². The van der Waals surface area contributed by atoms with Gasteiger partial charge in [0.05, 0.1) is 14.7 Å². The van der Waals surface area contributed by atoms with E-state index in [4.69, 9.17) is 48.8 Å². The van der Waals surface area contributed by atoms with Crippen LogP contribution in [0.5, 0.6) is 0 Å². The number of primary sulfonamides is 3. The molecule has 5 aromatic carbocycles. The number of anilines is 16. The van der Waals surface area contributed by atoms with Gasteiger partial charge in [0.2, 0.25) is 77.7 Å². The first-order valence-corrected chi connectivity index (χ1v) is 45.3. The second-order valence-electron chi connectivity index (χ2n) is 31.0. The van der Waals surface area contributed by atoms with E-state index >= 15 is 0 Å². The molecule has 4 aliphatic rings. The number of nitrogen functional groups attached to an aromatic ring is 4. The van der Waals surface area contributed by atoms with Crippen LogP contribution in [0.1, 0.15) is 75.2 Å². The molecule has 2 atom stereocenters. The first-order valence-electron chi connectivity index (χ1n) is 40.7. The number of piperazine rings is 1. The summed E-state index contributed by atoms with van der Waals surface area (Å²) in [5.41, 5.74) is 33.8. The van der Waals surface area contributed by atoms with Crippen molar-refractivity contribution in [3.63, 3.8) is 0 Å². The molecule has 0 spiro atoms. The summed E-state index contributed by atoms with van der Waals surface area (Å²) in [7, 11) is -9.72. The fraction of sp³-hybridized carbons (Fsp3) is 0.291. The molecule has 0 bridgehead atoms. The first kappa shape index (κ1) is 91.2. The van der Waals surface area contributed by atoms with Gasteiger partial charge in [0, 0.05) is 130 Å². The molecule has 1 unspecified atom stereocenters. The lowest BCUT2D eigenvalue weighted by atomic mass is 10.1. The average Bonchev–Trinajstić information content (AvgIpc) is 1.64. The summed E-state index contributed by atoms with van der Waals surface area (Å²) in [5, 5.41) is 54.3. The molecule has 1 saturated carbocycles. The van der Waals surface area contributed by atoms with Crippen molar-refractivity contribution in [2.45, 2.75) is 104 Å². The standard InChI is InChI=1S/C23H26N10O2S.C21H28N10O4S.C19H23N9O.C16H20N10O2S/c24-22-30-23(29-17-6-8-19(9-7-17)36(25,34)35)31-33(22)21-12-20(27-15-28-21)32(18-10-11-26-13-18)14-16-4-2-1-3-5-16;1-21(2,3)35-20(32)30-10-8-29(9-11-30)16-12-17(25-13-24-16)31-18(22)27-19(28-31)26-14-4-6-15(7-5-14)36(23,33)34;1-21-17(29)12-6-8-14(9-7-12)25-19-26-18(20)28(27-19)16-10-15(22-11-23-16)24-13-4-2-3-5-13;17-10-5-6-25(8-10)13-7-14(21-9-20-13)26-15(18)23-16(24-26)22-11-1-3-12(4-2-11)29(19,27)28/h1-9,12,15,18,26H,10-11,13-14H2,(H2,25,34,35)(H3,24,29,30,31);4-7,12-13H,8-11H2,1-3H3,(H2,23,33,34)(H3,22,26,27,28);6-11,13H,2-5H2,1H3,(H,21,29)(H,22,23,24)(H3,20,25,26,27);1-4,7,9-10H,5-6,8,17H2,(H2,19,27,28)(H3,18,22,23,24)/t;;;10-/m...1/s1.